The van der Waals surface area contributed by atoms with Crippen LogP contribution in [0.1, 0.15) is 20.8 Å². The van der Waals surface area contributed by atoms with Crippen LogP contribution >= 0.6 is 0 Å². The molecule has 0 aromatic rings. The smallest absolute Gasteiger partial charge is 0.316 e. The summed E-state index contributed by atoms with van der Waals surface area (Å²) < 4.78 is 0.736. The van der Waals surface area contributed by atoms with Gasteiger partial charge in [0.15, 0.2) is 0 Å². The van der Waals surface area contributed by atoms with Gasteiger partial charge in [0.1, 0.15) is 0 Å². The quantitative estimate of drug-likeness (QED) is 0.422. The van der Waals surface area contributed by atoms with E-state index < -0.39 is 5.66 Å². The third-order valence-electron chi connectivity index (χ3n) is 2.78. The first-order valence-electron chi connectivity index (χ1n) is 3.99. The number of hydrogen-bond acceptors (Lipinski definition) is 2. The summed E-state index contributed by atoms with van der Waals surface area (Å²) in [4.78, 5) is 12.6. The van der Waals surface area contributed by atoms with E-state index in [9.17, 15) is 10.0 Å². The monoisotopic (exact) mass is 170 g/mol. The van der Waals surface area contributed by atoms with Crippen molar-refractivity contribution in [1.82, 2.24) is 4.90 Å². The van der Waals surface area contributed by atoms with Gasteiger partial charge in [-0.3, -0.25) is 9.69 Å². The lowest BCUT2D eigenvalue weighted by Gasteiger charge is -2.32. The predicted molar refractivity (Wildman–Crippen MR) is 45.7 cm³/mol. The summed E-state index contributed by atoms with van der Waals surface area (Å²) in [5.41, 5.74) is -0.711. The normalized spacial score (nSPS) is 29.9. The van der Waals surface area contributed by atoms with E-state index in [0.717, 1.165) is 11.0 Å². The van der Waals surface area contributed by atoms with E-state index in [1.165, 1.54) is 4.90 Å². The highest BCUT2D eigenvalue weighted by Crippen LogP contribution is 2.26. The molecule has 0 N–H and O–H groups in total. The molecule has 1 aliphatic rings. The van der Waals surface area contributed by atoms with E-state index in [2.05, 4.69) is 0 Å². The minimum Gasteiger partial charge on any atom is -0.622 e. The molecule has 0 fully saturated rings. The number of carbonyl (C=O) groups is 1. The fraction of sp³-hybridized carbons (Fsp3) is 0.750. The second-order valence-electron chi connectivity index (χ2n) is 3.60. The van der Waals surface area contributed by atoms with Crippen molar-refractivity contribution < 1.29 is 9.53 Å². The first-order valence-corrected chi connectivity index (χ1v) is 3.99. The van der Waals surface area contributed by atoms with Crippen LogP contribution in [-0.2, 0) is 4.79 Å². The molecule has 0 aromatic heterocycles. The van der Waals surface area contributed by atoms with Gasteiger partial charge >= 0.3 is 5.91 Å². The number of rotatable bonds is 1. The number of carbonyl (C=O) groups excluding carboxylic acids is 1. The molecule has 4 heteroatoms. The van der Waals surface area contributed by atoms with E-state index in [0.29, 0.717) is 0 Å². The molecule has 0 aromatic carbocycles. The molecule has 1 aliphatic heterocycles. The van der Waals surface area contributed by atoms with Gasteiger partial charge in [-0.25, -0.2) is 0 Å². The van der Waals surface area contributed by atoms with Crippen molar-refractivity contribution in [3.8, 4) is 0 Å². The van der Waals surface area contributed by atoms with Crippen molar-refractivity contribution in [3.05, 3.63) is 5.21 Å². The number of amides is 1. The molecule has 0 saturated carbocycles. The Morgan fingerprint density at radius 3 is 2.33 bits per heavy atom. The van der Waals surface area contributed by atoms with Crippen LogP contribution in [0.15, 0.2) is 0 Å². The number of hydrogen-bond donors (Lipinski definition) is 0. The zero-order valence-corrected chi connectivity index (χ0v) is 7.87. The van der Waals surface area contributed by atoms with Gasteiger partial charge in [0.25, 0.3) is 0 Å². The summed E-state index contributed by atoms with van der Waals surface area (Å²) in [6, 6.07) is 0. The van der Waals surface area contributed by atoms with Crippen LogP contribution in [0.25, 0.3) is 0 Å². The maximum absolute atomic E-state index is 11.4. The lowest BCUT2D eigenvalue weighted by atomic mass is 9.98. The molecule has 4 nitrogen and oxygen atoms in total. The van der Waals surface area contributed by atoms with Crippen LogP contribution in [0.5, 0.6) is 0 Å². The van der Waals surface area contributed by atoms with Crippen LogP contribution < -0.4 is 0 Å². The van der Waals surface area contributed by atoms with Crippen molar-refractivity contribution in [3.63, 3.8) is 0 Å². The average molecular weight is 170 g/mol. The Morgan fingerprint density at radius 2 is 2.17 bits per heavy atom. The Hall–Kier alpha value is -1.06. The summed E-state index contributed by atoms with van der Waals surface area (Å²) >= 11 is 0. The molecule has 0 spiro atoms. The second kappa shape index (κ2) is 2.47. The van der Waals surface area contributed by atoms with Crippen LogP contribution in [0.4, 0.5) is 0 Å². The van der Waals surface area contributed by atoms with E-state index in [4.69, 9.17) is 0 Å². The second-order valence-corrected chi connectivity index (χ2v) is 3.60. The van der Waals surface area contributed by atoms with Crippen molar-refractivity contribution in [2.45, 2.75) is 26.4 Å². The van der Waals surface area contributed by atoms with Crippen LogP contribution in [0, 0.1) is 11.1 Å². The molecular formula is C8H14N2O2. The van der Waals surface area contributed by atoms with Gasteiger partial charge in [-0.15, -0.1) is 0 Å². The van der Waals surface area contributed by atoms with Crippen LogP contribution in [-0.4, -0.2) is 34.5 Å². The minimum absolute atomic E-state index is 0.114. The van der Waals surface area contributed by atoms with Crippen molar-refractivity contribution in [2.75, 3.05) is 7.05 Å². The molecule has 0 bridgehead atoms. The number of hydroxylamine groups is 1. The third-order valence-corrected chi connectivity index (χ3v) is 2.78. The summed E-state index contributed by atoms with van der Waals surface area (Å²) in [6.07, 6.45) is 1.10. The largest absolute Gasteiger partial charge is 0.622 e. The maximum Gasteiger partial charge on any atom is 0.316 e. The fourth-order valence-electron chi connectivity index (χ4n) is 1.33. The Morgan fingerprint density at radius 1 is 1.67 bits per heavy atom. The summed E-state index contributed by atoms with van der Waals surface area (Å²) in [5, 5.41) is 11.4. The van der Waals surface area contributed by atoms with E-state index in [1.807, 2.05) is 13.8 Å². The third kappa shape index (κ3) is 0.906. The Kier molecular flexibility index (Phi) is 1.86. The maximum atomic E-state index is 11.4. The predicted octanol–water partition coefficient (Wildman–Crippen LogP) is 0.412. The topological polar surface area (TPSA) is 46.4 Å². The average Bonchev–Trinajstić information content (AvgIpc) is 2.16. The Balaban J connectivity index is 3.07. The van der Waals surface area contributed by atoms with Gasteiger partial charge in [-0.05, 0) is 0 Å². The SMILES string of the molecule is CC(C)C1(C)N(C)C(=O)C=[N+]1[O-]. The Labute approximate surface area is 72.1 Å². The molecule has 0 radical (unpaired) electrons. The molecule has 12 heavy (non-hydrogen) atoms. The van der Waals surface area contributed by atoms with Gasteiger partial charge in [0.05, 0.1) is 0 Å². The highest BCUT2D eigenvalue weighted by Gasteiger charge is 2.48. The molecular weight excluding hydrogens is 156 g/mol. The van der Waals surface area contributed by atoms with Crippen LogP contribution in [0.2, 0.25) is 0 Å². The lowest BCUT2D eigenvalue weighted by Crippen LogP contribution is -2.51. The standard InChI is InChI=1S/C8H14N2O2/c1-6(2)8(3)9(4)7(11)5-10(8)12/h5-6H,1-4H3. The molecule has 0 saturated heterocycles. The first kappa shape index (κ1) is 9.03. The fourth-order valence-corrected chi connectivity index (χ4v) is 1.33. The summed E-state index contributed by atoms with van der Waals surface area (Å²) in [7, 11) is 1.65. The van der Waals surface area contributed by atoms with Gasteiger partial charge in [0, 0.05) is 19.9 Å². The first-order chi connectivity index (χ1) is 5.40. The molecule has 68 valence electrons. The van der Waals surface area contributed by atoms with Crippen molar-refractivity contribution in [1.29, 1.82) is 0 Å². The van der Waals surface area contributed by atoms with Gasteiger partial charge in [-0.2, -0.15) is 4.74 Å². The van der Waals surface area contributed by atoms with E-state index in [1.54, 1.807) is 14.0 Å². The summed E-state index contributed by atoms with van der Waals surface area (Å²) in [5.74, 6) is -0.107. The van der Waals surface area contributed by atoms with Crippen LogP contribution in [0.3, 0.4) is 0 Å². The highest BCUT2D eigenvalue weighted by atomic mass is 16.5. The number of nitrogens with zero attached hydrogens (tertiary/aromatic N) is 2. The van der Waals surface area contributed by atoms with Crippen molar-refractivity contribution >= 4 is 12.1 Å². The minimum atomic E-state index is -0.711. The molecule has 1 atom stereocenters. The molecule has 1 unspecified atom stereocenters. The van der Waals surface area contributed by atoms with Crippen molar-refractivity contribution in [2.24, 2.45) is 5.92 Å². The lowest BCUT2D eigenvalue weighted by molar-refractivity contribution is -0.567. The Bertz CT molecular complexity index is 247. The molecule has 1 heterocycles. The molecule has 1 amide bonds. The van der Waals surface area contributed by atoms with E-state index in [-0.39, 0.29) is 11.8 Å². The van der Waals surface area contributed by atoms with Gasteiger partial charge in [0.2, 0.25) is 11.9 Å². The van der Waals surface area contributed by atoms with E-state index >= 15 is 0 Å². The molecule has 1 rings (SSSR count). The van der Waals surface area contributed by atoms with Gasteiger partial charge in [-0.1, -0.05) is 13.8 Å². The summed E-state index contributed by atoms with van der Waals surface area (Å²) in [6.45, 7) is 5.62. The highest BCUT2D eigenvalue weighted by molar-refractivity contribution is 6.25. The molecule has 0 aliphatic carbocycles. The zero-order valence-electron chi connectivity index (χ0n) is 7.87. The van der Waals surface area contributed by atoms with Gasteiger partial charge < -0.3 is 5.21 Å². The zero-order chi connectivity index (χ0) is 9.52.